The molecule has 0 bridgehead atoms. The Labute approximate surface area is 113 Å². The van der Waals surface area contributed by atoms with Crippen molar-refractivity contribution in [2.45, 2.75) is 38.3 Å². The first-order valence-electron chi connectivity index (χ1n) is 7.00. The normalized spacial score (nSPS) is 28.3. The van der Waals surface area contributed by atoms with Gasteiger partial charge in [0.1, 0.15) is 0 Å². The first kappa shape index (κ1) is 14.3. The maximum Gasteiger partial charge on any atom is 0.237 e. The molecule has 2 rings (SSSR count). The minimum Gasteiger partial charge on any atom is -0.378 e. The highest BCUT2D eigenvalue weighted by Gasteiger charge is 2.37. The number of ether oxygens (including phenoxy) is 1. The molecule has 108 valence electrons. The van der Waals surface area contributed by atoms with Gasteiger partial charge in [-0.15, -0.1) is 0 Å². The minimum atomic E-state index is -0.446. The molecular formula is C13H23N3O3. The molecule has 2 saturated heterocycles. The van der Waals surface area contributed by atoms with Gasteiger partial charge in [0.05, 0.1) is 18.6 Å². The number of carbonyl (C=O) groups is 2. The topological polar surface area (TPSA) is 84.7 Å². The molecule has 2 fully saturated rings. The largest absolute Gasteiger partial charge is 0.378 e. The van der Waals surface area contributed by atoms with E-state index in [1.54, 1.807) is 4.90 Å². The van der Waals surface area contributed by atoms with Crippen molar-refractivity contribution in [2.24, 2.45) is 11.7 Å². The molecule has 0 aliphatic carbocycles. The molecular weight excluding hydrogens is 246 g/mol. The van der Waals surface area contributed by atoms with Gasteiger partial charge >= 0.3 is 0 Å². The molecule has 2 heterocycles. The van der Waals surface area contributed by atoms with E-state index in [0.29, 0.717) is 6.61 Å². The van der Waals surface area contributed by atoms with Gasteiger partial charge in [-0.05, 0) is 39.3 Å². The third kappa shape index (κ3) is 3.45. The Bertz CT molecular complexity index is 342. The second-order valence-corrected chi connectivity index (χ2v) is 5.38. The fourth-order valence-electron chi connectivity index (χ4n) is 2.94. The van der Waals surface area contributed by atoms with E-state index in [1.165, 1.54) is 0 Å². The van der Waals surface area contributed by atoms with Crippen molar-refractivity contribution in [1.82, 2.24) is 10.2 Å². The maximum absolute atomic E-state index is 12.6. The molecule has 2 aliphatic heterocycles. The Kier molecular flexibility index (Phi) is 4.76. The van der Waals surface area contributed by atoms with E-state index in [0.717, 1.165) is 32.4 Å². The van der Waals surface area contributed by atoms with Crippen LogP contribution in [0.5, 0.6) is 0 Å². The van der Waals surface area contributed by atoms with Gasteiger partial charge in [0.25, 0.3) is 0 Å². The summed E-state index contributed by atoms with van der Waals surface area (Å²) in [5.74, 6) is -0.552. The van der Waals surface area contributed by atoms with Crippen molar-refractivity contribution in [3.05, 3.63) is 0 Å². The SMILES string of the molecule is CC1OCCC1C(=O)N(CC(N)=O)C1CCNCC1. The summed E-state index contributed by atoms with van der Waals surface area (Å²) in [5, 5.41) is 3.26. The van der Waals surface area contributed by atoms with Crippen molar-refractivity contribution >= 4 is 11.8 Å². The molecule has 0 aromatic carbocycles. The van der Waals surface area contributed by atoms with Crippen LogP contribution in [0, 0.1) is 5.92 Å². The average Bonchev–Trinajstić information content (AvgIpc) is 2.82. The van der Waals surface area contributed by atoms with E-state index in [2.05, 4.69) is 5.32 Å². The molecule has 2 atom stereocenters. The fourth-order valence-corrected chi connectivity index (χ4v) is 2.94. The first-order chi connectivity index (χ1) is 9.09. The number of nitrogens with two attached hydrogens (primary N) is 1. The average molecular weight is 269 g/mol. The van der Waals surface area contributed by atoms with Crippen molar-refractivity contribution in [3.8, 4) is 0 Å². The molecule has 19 heavy (non-hydrogen) atoms. The fraction of sp³-hybridized carbons (Fsp3) is 0.846. The lowest BCUT2D eigenvalue weighted by molar-refractivity contribution is -0.143. The molecule has 6 nitrogen and oxygen atoms in total. The lowest BCUT2D eigenvalue weighted by atomic mass is 9.97. The lowest BCUT2D eigenvalue weighted by Crippen LogP contribution is -2.51. The van der Waals surface area contributed by atoms with Gasteiger partial charge in [-0.1, -0.05) is 0 Å². The molecule has 0 aromatic rings. The monoisotopic (exact) mass is 269 g/mol. The third-order valence-electron chi connectivity index (χ3n) is 4.05. The van der Waals surface area contributed by atoms with Gasteiger partial charge in [-0.3, -0.25) is 9.59 Å². The van der Waals surface area contributed by atoms with Gasteiger partial charge in [0.15, 0.2) is 0 Å². The van der Waals surface area contributed by atoms with E-state index in [9.17, 15) is 9.59 Å². The molecule has 2 unspecified atom stereocenters. The molecule has 0 radical (unpaired) electrons. The first-order valence-corrected chi connectivity index (χ1v) is 7.00. The number of carbonyl (C=O) groups excluding carboxylic acids is 2. The standard InChI is InChI=1S/C13H23N3O3/c1-9-11(4-7-19-9)13(18)16(8-12(14)17)10-2-5-15-6-3-10/h9-11,15H,2-8H2,1H3,(H2,14,17). The number of hydrogen-bond donors (Lipinski definition) is 2. The highest BCUT2D eigenvalue weighted by molar-refractivity contribution is 5.85. The predicted molar refractivity (Wildman–Crippen MR) is 70.3 cm³/mol. The van der Waals surface area contributed by atoms with Gasteiger partial charge in [0, 0.05) is 12.6 Å². The highest BCUT2D eigenvalue weighted by atomic mass is 16.5. The van der Waals surface area contributed by atoms with Crippen LogP contribution in [-0.4, -0.2) is 55.1 Å². The van der Waals surface area contributed by atoms with Crippen LogP contribution in [0.2, 0.25) is 0 Å². The van der Waals surface area contributed by atoms with E-state index < -0.39 is 5.91 Å². The Balaban J connectivity index is 2.07. The van der Waals surface area contributed by atoms with Crippen LogP contribution in [0.15, 0.2) is 0 Å². The summed E-state index contributed by atoms with van der Waals surface area (Å²) in [5.41, 5.74) is 5.29. The molecule has 6 heteroatoms. The Morgan fingerprint density at radius 1 is 1.32 bits per heavy atom. The van der Waals surface area contributed by atoms with E-state index in [1.807, 2.05) is 6.92 Å². The number of amides is 2. The zero-order chi connectivity index (χ0) is 13.8. The molecule has 0 aromatic heterocycles. The summed E-state index contributed by atoms with van der Waals surface area (Å²) in [6.07, 6.45) is 2.42. The van der Waals surface area contributed by atoms with Crippen molar-refractivity contribution in [3.63, 3.8) is 0 Å². The minimum absolute atomic E-state index is 0.0206. The predicted octanol–water partition coefficient (Wildman–Crippen LogP) is -0.523. The quantitative estimate of drug-likeness (QED) is 0.719. The highest BCUT2D eigenvalue weighted by Crippen LogP contribution is 2.25. The van der Waals surface area contributed by atoms with Gasteiger partial charge in [-0.25, -0.2) is 0 Å². The van der Waals surface area contributed by atoms with E-state index in [-0.39, 0.29) is 30.5 Å². The van der Waals surface area contributed by atoms with Crippen LogP contribution in [0.4, 0.5) is 0 Å². The van der Waals surface area contributed by atoms with Crippen LogP contribution in [0.1, 0.15) is 26.2 Å². The van der Waals surface area contributed by atoms with Gasteiger partial charge < -0.3 is 20.7 Å². The van der Waals surface area contributed by atoms with Crippen LogP contribution >= 0.6 is 0 Å². The molecule has 2 aliphatic rings. The summed E-state index contributed by atoms with van der Waals surface area (Å²) in [7, 11) is 0. The Morgan fingerprint density at radius 2 is 2.00 bits per heavy atom. The maximum atomic E-state index is 12.6. The molecule has 0 saturated carbocycles. The summed E-state index contributed by atoms with van der Waals surface area (Å²) in [4.78, 5) is 25.5. The Hall–Kier alpha value is -1.14. The zero-order valence-electron chi connectivity index (χ0n) is 11.4. The number of piperidine rings is 1. The lowest BCUT2D eigenvalue weighted by Gasteiger charge is -2.35. The van der Waals surface area contributed by atoms with Crippen LogP contribution in [0.3, 0.4) is 0 Å². The number of nitrogens with one attached hydrogen (secondary N) is 1. The number of rotatable bonds is 4. The zero-order valence-corrected chi connectivity index (χ0v) is 11.4. The molecule has 3 N–H and O–H groups in total. The number of primary amides is 1. The molecule has 0 spiro atoms. The van der Waals surface area contributed by atoms with E-state index in [4.69, 9.17) is 10.5 Å². The van der Waals surface area contributed by atoms with Gasteiger partial charge in [0.2, 0.25) is 11.8 Å². The third-order valence-corrected chi connectivity index (χ3v) is 4.05. The van der Waals surface area contributed by atoms with Gasteiger partial charge in [-0.2, -0.15) is 0 Å². The summed E-state index contributed by atoms with van der Waals surface area (Å²) in [6, 6.07) is 0.119. The molecule has 2 amide bonds. The summed E-state index contributed by atoms with van der Waals surface area (Å²) >= 11 is 0. The Morgan fingerprint density at radius 3 is 2.53 bits per heavy atom. The summed E-state index contributed by atoms with van der Waals surface area (Å²) < 4.78 is 5.45. The van der Waals surface area contributed by atoms with Crippen LogP contribution in [-0.2, 0) is 14.3 Å². The second-order valence-electron chi connectivity index (χ2n) is 5.38. The number of hydrogen-bond acceptors (Lipinski definition) is 4. The van der Waals surface area contributed by atoms with Crippen LogP contribution < -0.4 is 11.1 Å². The van der Waals surface area contributed by atoms with Crippen LogP contribution in [0.25, 0.3) is 0 Å². The van der Waals surface area contributed by atoms with Crippen molar-refractivity contribution < 1.29 is 14.3 Å². The van der Waals surface area contributed by atoms with Crippen molar-refractivity contribution in [1.29, 1.82) is 0 Å². The number of nitrogens with zero attached hydrogens (tertiary/aromatic N) is 1. The summed E-state index contributed by atoms with van der Waals surface area (Å²) in [6.45, 7) is 4.31. The van der Waals surface area contributed by atoms with Crippen molar-refractivity contribution in [2.75, 3.05) is 26.2 Å². The smallest absolute Gasteiger partial charge is 0.237 e. The second kappa shape index (κ2) is 6.34. The van der Waals surface area contributed by atoms with E-state index >= 15 is 0 Å².